The molecule has 0 radical (unpaired) electrons. The standard InChI is InChI=1S/C14H20FN3O/c1-4-8-17(12-5-7-16-10-11(12)15)18-9-6-14(2,3)13(18)19/h5,7,10H,4,6,8-9H2,1-3H3. The number of hydrogen-bond donors (Lipinski definition) is 0. The molecule has 0 unspecified atom stereocenters. The maximum atomic E-state index is 13.9. The van der Waals surface area contributed by atoms with Gasteiger partial charge in [-0.05, 0) is 18.9 Å². The maximum absolute atomic E-state index is 13.9. The van der Waals surface area contributed by atoms with Crippen molar-refractivity contribution >= 4 is 11.6 Å². The Labute approximate surface area is 113 Å². The van der Waals surface area contributed by atoms with E-state index in [-0.39, 0.29) is 11.3 Å². The Bertz CT molecular complexity index is 476. The van der Waals surface area contributed by atoms with Gasteiger partial charge in [-0.2, -0.15) is 0 Å². The highest BCUT2D eigenvalue weighted by molar-refractivity contribution is 5.85. The molecule has 1 aromatic heterocycles. The average molecular weight is 265 g/mol. The SMILES string of the molecule is CCCN(c1ccncc1F)N1CCC(C)(C)C1=O. The van der Waals surface area contributed by atoms with E-state index in [9.17, 15) is 9.18 Å². The molecule has 1 aliphatic rings. The Morgan fingerprint density at radius 2 is 2.26 bits per heavy atom. The minimum Gasteiger partial charge on any atom is -0.280 e. The van der Waals surface area contributed by atoms with Crippen molar-refractivity contribution < 1.29 is 9.18 Å². The first-order valence-corrected chi connectivity index (χ1v) is 6.66. The molecule has 4 nitrogen and oxygen atoms in total. The fraction of sp³-hybridized carbons (Fsp3) is 0.571. The van der Waals surface area contributed by atoms with E-state index in [0.717, 1.165) is 12.8 Å². The second kappa shape index (κ2) is 5.15. The largest absolute Gasteiger partial charge is 0.280 e. The maximum Gasteiger partial charge on any atom is 0.246 e. The summed E-state index contributed by atoms with van der Waals surface area (Å²) >= 11 is 0. The summed E-state index contributed by atoms with van der Waals surface area (Å²) in [5, 5.41) is 3.41. The lowest BCUT2D eigenvalue weighted by molar-refractivity contribution is -0.135. The third-order valence-electron chi connectivity index (χ3n) is 3.52. The third-order valence-corrected chi connectivity index (χ3v) is 3.52. The molecule has 19 heavy (non-hydrogen) atoms. The van der Waals surface area contributed by atoms with Gasteiger partial charge in [0.1, 0.15) is 0 Å². The van der Waals surface area contributed by atoms with Crippen LogP contribution in [0, 0.1) is 11.2 Å². The number of pyridine rings is 1. The van der Waals surface area contributed by atoms with Crippen molar-refractivity contribution in [1.82, 2.24) is 9.99 Å². The number of aromatic nitrogens is 1. The van der Waals surface area contributed by atoms with Gasteiger partial charge in [0.15, 0.2) is 5.82 Å². The number of hydrazine groups is 1. The number of anilines is 1. The smallest absolute Gasteiger partial charge is 0.246 e. The van der Waals surface area contributed by atoms with Crippen LogP contribution in [0.3, 0.4) is 0 Å². The lowest BCUT2D eigenvalue weighted by Gasteiger charge is -2.34. The van der Waals surface area contributed by atoms with Gasteiger partial charge in [0.05, 0.1) is 11.9 Å². The monoisotopic (exact) mass is 265 g/mol. The molecule has 0 aromatic carbocycles. The van der Waals surface area contributed by atoms with Gasteiger partial charge in [-0.25, -0.2) is 4.39 Å². The molecule has 1 saturated heterocycles. The zero-order chi connectivity index (χ0) is 14.0. The molecule has 0 N–H and O–H groups in total. The van der Waals surface area contributed by atoms with Crippen molar-refractivity contribution in [2.24, 2.45) is 5.41 Å². The molecule has 2 rings (SSSR count). The molecule has 0 aliphatic carbocycles. The average Bonchev–Trinajstić information content (AvgIpc) is 2.63. The molecule has 104 valence electrons. The van der Waals surface area contributed by atoms with Crippen LogP contribution in [-0.4, -0.2) is 29.0 Å². The van der Waals surface area contributed by atoms with E-state index in [2.05, 4.69) is 4.98 Å². The van der Waals surface area contributed by atoms with Crippen LogP contribution in [0.1, 0.15) is 33.6 Å². The van der Waals surface area contributed by atoms with Crippen LogP contribution >= 0.6 is 0 Å². The van der Waals surface area contributed by atoms with Crippen LogP contribution in [0.25, 0.3) is 0 Å². The van der Waals surface area contributed by atoms with Crippen molar-refractivity contribution in [3.8, 4) is 0 Å². The molecule has 0 bridgehead atoms. The quantitative estimate of drug-likeness (QED) is 0.839. The number of carbonyl (C=O) groups excluding carboxylic acids is 1. The zero-order valence-corrected chi connectivity index (χ0v) is 11.7. The van der Waals surface area contributed by atoms with E-state index in [1.54, 1.807) is 22.3 Å². The van der Waals surface area contributed by atoms with Gasteiger partial charge in [-0.1, -0.05) is 20.8 Å². The predicted octanol–water partition coefficient (Wildman–Crippen LogP) is 2.61. The summed E-state index contributed by atoms with van der Waals surface area (Å²) < 4.78 is 13.9. The number of nitrogens with zero attached hydrogens (tertiary/aromatic N) is 3. The first-order valence-electron chi connectivity index (χ1n) is 6.66. The fourth-order valence-corrected chi connectivity index (χ4v) is 2.33. The van der Waals surface area contributed by atoms with E-state index < -0.39 is 5.82 Å². The number of carbonyl (C=O) groups is 1. The number of hydrogen-bond acceptors (Lipinski definition) is 3. The minimum absolute atomic E-state index is 0.0529. The van der Waals surface area contributed by atoms with Crippen LogP contribution < -0.4 is 5.01 Å². The van der Waals surface area contributed by atoms with Crippen molar-refractivity contribution in [3.63, 3.8) is 0 Å². The normalized spacial score (nSPS) is 17.9. The Balaban J connectivity index is 2.32. The van der Waals surface area contributed by atoms with Crippen LogP contribution in [0.2, 0.25) is 0 Å². The van der Waals surface area contributed by atoms with Crippen LogP contribution in [0.15, 0.2) is 18.5 Å². The van der Waals surface area contributed by atoms with E-state index in [1.165, 1.54) is 6.20 Å². The summed E-state index contributed by atoms with van der Waals surface area (Å²) in [5.74, 6) is -0.342. The van der Waals surface area contributed by atoms with Gasteiger partial charge in [0.25, 0.3) is 0 Å². The minimum atomic E-state index is -0.395. The van der Waals surface area contributed by atoms with Crippen molar-refractivity contribution in [2.75, 3.05) is 18.1 Å². The zero-order valence-electron chi connectivity index (χ0n) is 11.7. The van der Waals surface area contributed by atoms with E-state index >= 15 is 0 Å². The molecule has 0 atom stereocenters. The van der Waals surface area contributed by atoms with Gasteiger partial charge in [0, 0.05) is 24.7 Å². The molecule has 1 amide bonds. The third kappa shape index (κ3) is 2.55. The van der Waals surface area contributed by atoms with Crippen LogP contribution in [-0.2, 0) is 4.79 Å². The number of amides is 1. The predicted molar refractivity (Wildman–Crippen MR) is 71.9 cm³/mol. The Kier molecular flexibility index (Phi) is 3.73. The Morgan fingerprint density at radius 1 is 1.53 bits per heavy atom. The van der Waals surface area contributed by atoms with Crippen molar-refractivity contribution in [3.05, 3.63) is 24.3 Å². The highest BCUT2D eigenvalue weighted by atomic mass is 19.1. The second-order valence-electron chi connectivity index (χ2n) is 5.51. The van der Waals surface area contributed by atoms with E-state index in [0.29, 0.717) is 18.8 Å². The molecular weight excluding hydrogens is 245 g/mol. The number of halogens is 1. The lowest BCUT2D eigenvalue weighted by atomic mass is 9.92. The highest BCUT2D eigenvalue weighted by Gasteiger charge is 2.41. The summed E-state index contributed by atoms with van der Waals surface area (Å²) in [6.07, 6.45) is 4.36. The molecule has 0 spiro atoms. The van der Waals surface area contributed by atoms with Crippen LogP contribution in [0.4, 0.5) is 10.1 Å². The molecule has 1 aliphatic heterocycles. The molecule has 1 fully saturated rings. The Hall–Kier alpha value is -1.65. The fourth-order valence-electron chi connectivity index (χ4n) is 2.33. The first kappa shape index (κ1) is 13.8. The second-order valence-corrected chi connectivity index (χ2v) is 5.51. The summed E-state index contributed by atoms with van der Waals surface area (Å²) in [6, 6.07) is 1.61. The van der Waals surface area contributed by atoms with Gasteiger partial charge >= 0.3 is 0 Å². The van der Waals surface area contributed by atoms with Gasteiger partial charge < -0.3 is 0 Å². The lowest BCUT2D eigenvalue weighted by Crippen LogP contribution is -2.46. The summed E-state index contributed by atoms with van der Waals surface area (Å²) in [7, 11) is 0. The molecular formula is C14H20FN3O. The molecule has 0 saturated carbocycles. The number of rotatable bonds is 4. The molecule has 5 heteroatoms. The molecule has 1 aromatic rings. The Morgan fingerprint density at radius 3 is 2.79 bits per heavy atom. The summed E-state index contributed by atoms with van der Waals surface area (Å²) in [6.45, 7) is 7.12. The first-order chi connectivity index (χ1) is 8.97. The molecule has 2 heterocycles. The van der Waals surface area contributed by atoms with E-state index in [4.69, 9.17) is 0 Å². The topological polar surface area (TPSA) is 36.4 Å². The van der Waals surface area contributed by atoms with E-state index in [1.807, 2.05) is 20.8 Å². The summed E-state index contributed by atoms with van der Waals surface area (Å²) in [5.41, 5.74) is 0.0538. The van der Waals surface area contributed by atoms with Crippen LogP contribution in [0.5, 0.6) is 0 Å². The van der Waals surface area contributed by atoms with Crippen molar-refractivity contribution in [2.45, 2.75) is 33.6 Å². The van der Waals surface area contributed by atoms with Gasteiger partial charge in [-0.15, -0.1) is 0 Å². The highest BCUT2D eigenvalue weighted by Crippen LogP contribution is 2.33. The van der Waals surface area contributed by atoms with Crippen molar-refractivity contribution in [1.29, 1.82) is 0 Å². The summed E-state index contributed by atoms with van der Waals surface area (Å²) in [4.78, 5) is 16.1. The van der Waals surface area contributed by atoms with Gasteiger partial charge in [0.2, 0.25) is 5.91 Å². The van der Waals surface area contributed by atoms with Gasteiger partial charge in [-0.3, -0.25) is 19.8 Å².